The van der Waals surface area contributed by atoms with Gasteiger partial charge in [0.05, 0.1) is 13.2 Å². The molecule has 2 aromatic carbocycles. The second kappa shape index (κ2) is 11.9. The Bertz CT molecular complexity index is 849. The van der Waals surface area contributed by atoms with Crippen LogP contribution in [0, 0.1) is 0 Å². The van der Waals surface area contributed by atoms with Crippen LogP contribution >= 0.6 is 15.9 Å². The van der Waals surface area contributed by atoms with Gasteiger partial charge < -0.3 is 15.4 Å². The van der Waals surface area contributed by atoms with Crippen molar-refractivity contribution < 1.29 is 14.3 Å². The summed E-state index contributed by atoms with van der Waals surface area (Å²) in [6.45, 7) is 2.93. The van der Waals surface area contributed by atoms with Crippen LogP contribution in [0.1, 0.15) is 47.6 Å². The molecule has 0 saturated carbocycles. The molecule has 1 unspecified atom stereocenters. The van der Waals surface area contributed by atoms with Crippen LogP contribution in [0.2, 0.25) is 0 Å². The van der Waals surface area contributed by atoms with Gasteiger partial charge >= 0.3 is 0 Å². The Morgan fingerprint density at radius 1 is 1.00 bits per heavy atom. The number of hydrogen-bond acceptors (Lipinski definition) is 4. The van der Waals surface area contributed by atoms with Crippen LogP contribution in [0.3, 0.4) is 0 Å². The van der Waals surface area contributed by atoms with E-state index in [0.717, 1.165) is 23.3 Å². The maximum atomic E-state index is 12.4. The number of amides is 2. The van der Waals surface area contributed by atoms with E-state index in [-0.39, 0.29) is 24.3 Å². The average molecular weight is 488 g/mol. The van der Waals surface area contributed by atoms with Gasteiger partial charge in [0.2, 0.25) is 5.91 Å². The third kappa shape index (κ3) is 7.08. The van der Waals surface area contributed by atoms with Gasteiger partial charge in [-0.1, -0.05) is 34.5 Å². The lowest BCUT2D eigenvalue weighted by Gasteiger charge is -2.35. The minimum atomic E-state index is -0.176. The van der Waals surface area contributed by atoms with Crippen LogP contribution in [-0.2, 0) is 4.79 Å². The Kier molecular flexibility index (Phi) is 8.91. The number of methoxy groups -OCH3 is 1. The first-order valence-electron chi connectivity index (χ1n) is 10.8. The maximum Gasteiger partial charge on any atom is 0.251 e. The number of nitrogens with zero attached hydrogens (tertiary/aromatic N) is 1. The molecule has 6 nitrogen and oxygen atoms in total. The fourth-order valence-electron chi connectivity index (χ4n) is 3.81. The molecule has 2 amide bonds. The van der Waals surface area contributed by atoms with Crippen molar-refractivity contribution in [3.63, 3.8) is 0 Å². The zero-order valence-electron chi connectivity index (χ0n) is 17.9. The lowest BCUT2D eigenvalue weighted by molar-refractivity contribution is -0.121. The van der Waals surface area contributed by atoms with Crippen molar-refractivity contribution in [2.75, 3.05) is 33.3 Å². The summed E-state index contributed by atoms with van der Waals surface area (Å²) < 4.78 is 6.19. The van der Waals surface area contributed by atoms with Crippen LogP contribution < -0.4 is 15.4 Å². The van der Waals surface area contributed by atoms with Crippen LogP contribution in [0.4, 0.5) is 0 Å². The van der Waals surface area contributed by atoms with Crippen LogP contribution in [0.15, 0.2) is 53.0 Å². The summed E-state index contributed by atoms with van der Waals surface area (Å²) >= 11 is 3.35. The van der Waals surface area contributed by atoms with Gasteiger partial charge in [-0.05, 0) is 67.9 Å². The number of carbonyl (C=O) groups excluding carboxylic acids is 2. The Morgan fingerprint density at radius 2 is 1.68 bits per heavy atom. The largest absolute Gasteiger partial charge is 0.497 e. The van der Waals surface area contributed by atoms with Crippen molar-refractivity contribution in [1.29, 1.82) is 0 Å². The lowest BCUT2D eigenvalue weighted by atomic mass is 10.0. The Labute approximate surface area is 192 Å². The molecule has 0 spiro atoms. The van der Waals surface area contributed by atoms with E-state index < -0.39 is 0 Å². The number of likely N-dealkylation sites (tertiary alicyclic amines) is 1. The van der Waals surface area contributed by atoms with E-state index in [1.54, 1.807) is 19.2 Å². The SMILES string of the molecule is COc1ccc(C(CNC(=O)CCNC(=O)c2ccc(Br)cc2)N2CCCCC2)cc1. The highest BCUT2D eigenvalue weighted by atomic mass is 79.9. The van der Waals surface area contributed by atoms with E-state index in [1.807, 2.05) is 24.3 Å². The van der Waals surface area contributed by atoms with Crippen molar-refractivity contribution in [3.8, 4) is 5.75 Å². The number of nitrogens with one attached hydrogen (secondary N) is 2. The summed E-state index contributed by atoms with van der Waals surface area (Å²) in [6.07, 6.45) is 3.87. The molecular weight excluding hydrogens is 458 g/mol. The molecule has 1 fully saturated rings. The van der Waals surface area contributed by atoms with Gasteiger partial charge in [0.1, 0.15) is 5.75 Å². The number of hydrogen-bond donors (Lipinski definition) is 2. The summed E-state index contributed by atoms with van der Waals surface area (Å²) in [6, 6.07) is 15.3. The van der Waals surface area contributed by atoms with Gasteiger partial charge in [-0.25, -0.2) is 0 Å². The topological polar surface area (TPSA) is 70.7 Å². The number of benzene rings is 2. The molecule has 3 rings (SSSR count). The van der Waals surface area contributed by atoms with Crippen LogP contribution in [0.5, 0.6) is 5.75 Å². The number of ether oxygens (including phenoxy) is 1. The van der Waals surface area contributed by atoms with Crippen LogP contribution in [0.25, 0.3) is 0 Å². The zero-order valence-corrected chi connectivity index (χ0v) is 19.5. The van der Waals surface area contributed by atoms with Crippen molar-refractivity contribution in [3.05, 3.63) is 64.1 Å². The van der Waals surface area contributed by atoms with E-state index in [1.165, 1.54) is 24.8 Å². The maximum absolute atomic E-state index is 12.4. The summed E-state index contributed by atoms with van der Waals surface area (Å²) in [7, 11) is 1.66. The molecule has 1 saturated heterocycles. The molecule has 166 valence electrons. The minimum absolute atomic E-state index is 0.0633. The predicted octanol–water partition coefficient (Wildman–Crippen LogP) is 3.92. The summed E-state index contributed by atoms with van der Waals surface area (Å²) in [5.74, 6) is 0.586. The first kappa shape index (κ1) is 23.3. The Morgan fingerprint density at radius 3 is 2.32 bits per heavy atom. The van der Waals surface area contributed by atoms with Crippen LogP contribution in [-0.4, -0.2) is 50.0 Å². The third-order valence-electron chi connectivity index (χ3n) is 5.57. The Balaban J connectivity index is 1.50. The van der Waals surface area contributed by atoms with Gasteiger partial charge in [-0.15, -0.1) is 0 Å². The number of rotatable bonds is 9. The molecule has 2 aromatic rings. The fraction of sp³-hybridized carbons (Fsp3) is 0.417. The smallest absolute Gasteiger partial charge is 0.251 e. The minimum Gasteiger partial charge on any atom is -0.497 e. The molecular formula is C24H30BrN3O3. The molecule has 0 aliphatic carbocycles. The Hall–Kier alpha value is -2.38. The lowest BCUT2D eigenvalue weighted by Crippen LogP contribution is -2.41. The van der Waals surface area contributed by atoms with E-state index in [4.69, 9.17) is 4.74 Å². The first-order chi connectivity index (χ1) is 15.1. The molecule has 1 heterocycles. The monoisotopic (exact) mass is 487 g/mol. The fourth-order valence-corrected chi connectivity index (χ4v) is 4.07. The van der Waals surface area contributed by atoms with Gasteiger partial charge in [-0.2, -0.15) is 0 Å². The zero-order chi connectivity index (χ0) is 22.1. The summed E-state index contributed by atoms with van der Waals surface area (Å²) in [4.78, 5) is 27.0. The first-order valence-corrected chi connectivity index (χ1v) is 11.5. The van der Waals surface area contributed by atoms with Gasteiger partial charge in [0, 0.05) is 29.5 Å². The second-order valence-electron chi connectivity index (χ2n) is 7.70. The van der Waals surface area contributed by atoms with Crippen molar-refractivity contribution in [2.24, 2.45) is 0 Å². The van der Waals surface area contributed by atoms with Crippen molar-refractivity contribution >= 4 is 27.7 Å². The van der Waals surface area contributed by atoms with Gasteiger partial charge in [0.25, 0.3) is 5.91 Å². The summed E-state index contributed by atoms with van der Waals surface area (Å²) in [5.41, 5.74) is 1.75. The average Bonchev–Trinajstić information content (AvgIpc) is 2.80. The summed E-state index contributed by atoms with van der Waals surface area (Å²) in [5, 5.41) is 5.86. The van der Waals surface area contributed by atoms with Gasteiger partial charge in [-0.3, -0.25) is 14.5 Å². The molecule has 0 bridgehead atoms. The number of carbonyl (C=O) groups is 2. The molecule has 1 atom stereocenters. The normalized spacial score (nSPS) is 15.2. The van der Waals surface area contributed by atoms with Gasteiger partial charge in [0.15, 0.2) is 0 Å². The highest BCUT2D eigenvalue weighted by Crippen LogP contribution is 2.25. The van der Waals surface area contributed by atoms with E-state index in [9.17, 15) is 9.59 Å². The molecule has 7 heteroatoms. The molecule has 1 aliphatic heterocycles. The molecule has 0 aromatic heterocycles. The highest BCUT2D eigenvalue weighted by molar-refractivity contribution is 9.10. The standard InChI is InChI=1S/C24H30BrN3O3/c1-31-21-11-7-18(8-12-21)22(28-15-3-2-4-16-28)17-27-23(29)13-14-26-24(30)19-5-9-20(25)10-6-19/h5-12,22H,2-4,13-17H2,1H3,(H,26,30)(H,27,29). The van der Waals surface area contributed by atoms with E-state index >= 15 is 0 Å². The van der Waals surface area contributed by atoms with E-state index in [2.05, 4.69) is 43.6 Å². The van der Waals surface area contributed by atoms with Crippen molar-refractivity contribution in [2.45, 2.75) is 31.7 Å². The molecule has 2 N–H and O–H groups in total. The third-order valence-corrected chi connectivity index (χ3v) is 6.10. The predicted molar refractivity (Wildman–Crippen MR) is 125 cm³/mol. The number of piperidine rings is 1. The molecule has 1 aliphatic rings. The molecule has 0 radical (unpaired) electrons. The molecule has 31 heavy (non-hydrogen) atoms. The second-order valence-corrected chi connectivity index (χ2v) is 8.62. The highest BCUT2D eigenvalue weighted by Gasteiger charge is 2.23. The number of halogens is 1. The van der Waals surface area contributed by atoms with Crippen molar-refractivity contribution in [1.82, 2.24) is 15.5 Å². The quantitative estimate of drug-likeness (QED) is 0.562. The van der Waals surface area contributed by atoms with E-state index in [0.29, 0.717) is 18.7 Å².